The number of hydrogen-bond donors (Lipinski definition) is 1. The van der Waals surface area contributed by atoms with E-state index in [1.165, 1.54) is 0 Å². The number of imidazole rings is 1. The fourth-order valence-corrected chi connectivity index (χ4v) is 1.64. The minimum Gasteiger partial charge on any atom is -0.385 e. The van der Waals surface area contributed by atoms with Crippen LogP contribution in [0.5, 0.6) is 0 Å². The standard InChI is InChI=1S/C11H15ClN6O/c1-8(3-6-19-2)14-10-15-9(12)16-11(17-10)18-5-4-13-7-18/h4-5,7-8H,3,6H2,1-2H3,(H,14,15,16,17). The van der Waals surface area contributed by atoms with Crippen LogP contribution in [-0.4, -0.2) is 44.3 Å². The number of aromatic nitrogens is 5. The van der Waals surface area contributed by atoms with Gasteiger partial charge in [-0.05, 0) is 24.9 Å². The molecule has 2 heterocycles. The van der Waals surface area contributed by atoms with Crippen LogP contribution in [0.25, 0.3) is 5.95 Å². The Hall–Kier alpha value is -1.73. The zero-order valence-electron chi connectivity index (χ0n) is 10.7. The van der Waals surface area contributed by atoms with E-state index in [-0.39, 0.29) is 11.3 Å². The Morgan fingerprint density at radius 1 is 1.42 bits per heavy atom. The Kier molecular flexibility index (Phi) is 4.64. The predicted octanol–water partition coefficient (Wildman–Crippen LogP) is 1.55. The molecular formula is C11H15ClN6O. The van der Waals surface area contributed by atoms with E-state index in [0.29, 0.717) is 18.5 Å². The molecule has 0 spiro atoms. The maximum Gasteiger partial charge on any atom is 0.241 e. The summed E-state index contributed by atoms with van der Waals surface area (Å²) in [5, 5.41) is 3.30. The molecule has 0 amide bonds. The molecule has 0 aliphatic rings. The molecule has 19 heavy (non-hydrogen) atoms. The molecule has 1 unspecified atom stereocenters. The molecule has 102 valence electrons. The van der Waals surface area contributed by atoms with Gasteiger partial charge in [0.1, 0.15) is 6.33 Å². The maximum atomic E-state index is 5.89. The van der Waals surface area contributed by atoms with Crippen molar-refractivity contribution < 1.29 is 4.74 Å². The molecule has 2 aromatic heterocycles. The SMILES string of the molecule is COCCC(C)Nc1nc(Cl)nc(-n2ccnc2)n1. The van der Waals surface area contributed by atoms with E-state index in [4.69, 9.17) is 16.3 Å². The van der Waals surface area contributed by atoms with Gasteiger partial charge in [0, 0.05) is 32.2 Å². The van der Waals surface area contributed by atoms with Crippen molar-refractivity contribution in [1.82, 2.24) is 24.5 Å². The molecule has 7 nitrogen and oxygen atoms in total. The van der Waals surface area contributed by atoms with Crippen molar-refractivity contribution in [2.24, 2.45) is 0 Å². The summed E-state index contributed by atoms with van der Waals surface area (Å²) in [5.41, 5.74) is 0. The van der Waals surface area contributed by atoms with Crippen LogP contribution in [0.3, 0.4) is 0 Å². The van der Waals surface area contributed by atoms with Crippen LogP contribution in [-0.2, 0) is 4.74 Å². The van der Waals surface area contributed by atoms with Crippen molar-refractivity contribution in [2.45, 2.75) is 19.4 Å². The molecule has 2 aromatic rings. The molecule has 0 aliphatic heterocycles. The van der Waals surface area contributed by atoms with Gasteiger partial charge in [-0.2, -0.15) is 15.0 Å². The Morgan fingerprint density at radius 2 is 2.26 bits per heavy atom. The van der Waals surface area contributed by atoms with Gasteiger partial charge in [0.25, 0.3) is 0 Å². The summed E-state index contributed by atoms with van der Waals surface area (Å²) in [6.45, 7) is 2.69. The third-order valence-electron chi connectivity index (χ3n) is 2.46. The summed E-state index contributed by atoms with van der Waals surface area (Å²) >= 11 is 5.89. The molecule has 8 heteroatoms. The third kappa shape index (κ3) is 3.87. The summed E-state index contributed by atoms with van der Waals surface area (Å²) in [7, 11) is 1.67. The molecule has 0 aromatic carbocycles. The van der Waals surface area contributed by atoms with E-state index in [0.717, 1.165) is 6.42 Å². The quantitative estimate of drug-likeness (QED) is 0.866. The number of nitrogens with one attached hydrogen (secondary N) is 1. The number of hydrogen-bond acceptors (Lipinski definition) is 6. The summed E-state index contributed by atoms with van der Waals surface area (Å²) < 4.78 is 6.69. The number of anilines is 1. The van der Waals surface area contributed by atoms with Gasteiger partial charge >= 0.3 is 0 Å². The average Bonchev–Trinajstić information content (AvgIpc) is 2.89. The second kappa shape index (κ2) is 6.44. The lowest BCUT2D eigenvalue weighted by molar-refractivity contribution is 0.191. The lowest BCUT2D eigenvalue weighted by atomic mass is 10.2. The van der Waals surface area contributed by atoms with E-state index < -0.39 is 0 Å². The van der Waals surface area contributed by atoms with Crippen LogP contribution in [0.4, 0.5) is 5.95 Å². The monoisotopic (exact) mass is 282 g/mol. The van der Waals surface area contributed by atoms with Crippen LogP contribution >= 0.6 is 11.6 Å². The second-order valence-corrected chi connectivity index (χ2v) is 4.36. The first-order valence-electron chi connectivity index (χ1n) is 5.84. The molecule has 0 saturated carbocycles. The summed E-state index contributed by atoms with van der Waals surface area (Å²) in [5.74, 6) is 0.867. The molecule has 1 atom stereocenters. The van der Waals surface area contributed by atoms with Crippen molar-refractivity contribution in [3.63, 3.8) is 0 Å². The van der Waals surface area contributed by atoms with Crippen molar-refractivity contribution in [3.8, 4) is 5.95 Å². The van der Waals surface area contributed by atoms with Crippen molar-refractivity contribution in [3.05, 3.63) is 24.0 Å². The number of methoxy groups -OCH3 is 1. The van der Waals surface area contributed by atoms with Gasteiger partial charge in [0.15, 0.2) is 0 Å². The van der Waals surface area contributed by atoms with Gasteiger partial charge in [-0.3, -0.25) is 4.57 Å². The Morgan fingerprint density at radius 3 is 2.95 bits per heavy atom. The van der Waals surface area contributed by atoms with E-state index in [1.54, 1.807) is 30.4 Å². The lowest BCUT2D eigenvalue weighted by Gasteiger charge is -2.13. The van der Waals surface area contributed by atoms with Crippen LogP contribution in [0.2, 0.25) is 5.28 Å². The maximum absolute atomic E-state index is 5.89. The third-order valence-corrected chi connectivity index (χ3v) is 2.63. The molecule has 0 radical (unpaired) electrons. The van der Waals surface area contributed by atoms with E-state index in [1.807, 2.05) is 6.92 Å². The van der Waals surface area contributed by atoms with E-state index in [2.05, 4.69) is 25.3 Å². The average molecular weight is 283 g/mol. The van der Waals surface area contributed by atoms with Gasteiger partial charge in [0.2, 0.25) is 17.2 Å². The molecule has 0 fully saturated rings. The van der Waals surface area contributed by atoms with Gasteiger partial charge in [-0.1, -0.05) is 0 Å². The van der Waals surface area contributed by atoms with Crippen LogP contribution < -0.4 is 5.32 Å². The van der Waals surface area contributed by atoms with E-state index >= 15 is 0 Å². The highest BCUT2D eigenvalue weighted by molar-refractivity contribution is 6.28. The minimum atomic E-state index is 0.139. The zero-order chi connectivity index (χ0) is 13.7. The van der Waals surface area contributed by atoms with Crippen molar-refractivity contribution in [2.75, 3.05) is 19.0 Å². The molecule has 0 saturated heterocycles. The van der Waals surface area contributed by atoms with Gasteiger partial charge < -0.3 is 10.1 Å². The number of rotatable bonds is 6. The number of nitrogens with zero attached hydrogens (tertiary/aromatic N) is 5. The highest BCUT2D eigenvalue weighted by Crippen LogP contribution is 2.11. The Balaban J connectivity index is 2.13. The first kappa shape index (κ1) is 13.7. The highest BCUT2D eigenvalue weighted by atomic mass is 35.5. The first-order chi connectivity index (χ1) is 9.19. The predicted molar refractivity (Wildman–Crippen MR) is 71.5 cm³/mol. The molecule has 0 aliphatic carbocycles. The van der Waals surface area contributed by atoms with E-state index in [9.17, 15) is 0 Å². The zero-order valence-corrected chi connectivity index (χ0v) is 11.5. The summed E-state index contributed by atoms with van der Waals surface area (Å²) in [6, 6.07) is 0.175. The fourth-order valence-electron chi connectivity index (χ4n) is 1.48. The van der Waals surface area contributed by atoms with Crippen molar-refractivity contribution in [1.29, 1.82) is 0 Å². The van der Waals surface area contributed by atoms with Gasteiger partial charge in [0.05, 0.1) is 0 Å². The molecule has 1 N–H and O–H groups in total. The molecule has 2 rings (SSSR count). The smallest absolute Gasteiger partial charge is 0.241 e. The summed E-state index contributed by atoms with van der Waals surface area (Å²) in [4.78, 5) is 16.3. The van der Waals surface area contributed by atoms with Crippen LogP contribution in [0, 0.1) is 0 Å². The first-order valence-corrected chi connectivity index (χ1v) is 6.22. The summed E-state index contributed by atoms with van der Waals surface area (Å²) in [6.07, 6.45) is 5.83. The van der Waals surface area contributed by atoms with Crippen LogP contribution in [0.15, 0.2) is 18.7 Å². The Bertz CT molecular complexity index is 518. The lowest BCUT2D eigenvalue weighted by Crippen LogP contribution is -2.19. The Labute approximate surface area is 116 Å². The van der Waals surface area contributed by atoms with Crippen LogP contribution in [0.1, 0.15) is 13.3 Å². The second-order valence-electron chi connectivity index (χ2n) is 4.02. The topological polar surface area (TPSA) is 77.8 Å². The van der Waals surface area contributed by atoms with Crippen molar-refractivity contribution >= 4 is 17.5 Å². The fraction of sp³-hybridized carbons (Fsp3) is 0.455. The number of ether oxygens (including phenoxy) is 1. The largest absolute Gasteiger partial charge is 0.385 e. The number of halogens is 1. The van der Waals surface area contributed by atoms with Gasteiger partial charge in [-0.25, -0.2) is 4.98 Å². The van der Waals surface area contributed by atoms with Gasteiger partial charge in [-0.15, -0.1) is 0 Å². The molecule has 0 bridgehead atoms. The highest BCUT2D eigenvalue weighted by Gasteiger charge is 2.09. The minimum absolute atomic E-state index is 0.139. The molecular weight excluding hydrogens is 268 g/mol. The normalized spacial score (nSPS) is 12.4.